The molecule has 0 unspecified atom stereocenters. The number of nitrogens with zero attached hydrogens (tertiary/aromatic N) is 1. The van der Waals surface area contributed by atoms with Gasteiger partial charge in [-0.15, -0.1) is 0 Å². The molecule has 178 valence electrons. The zero-order valence-corrected chi connectivity index (χ0v) is 20.4. The van der Waals surface area contributed by atoms with Crippen LogP contribution in [0.25, 0.3) is 0 Å². The number of nitrogens with one attached hydrogen (secondary N) is 1. The molecular formula is C28H38N2O3. The molecule has 0 aliphatic heterocycles. The van der Waals surface area contributed by atoms with Crippen molar-refractivity contribution in [2.24, 2.45) is 0 Å². The van der Waals surface area contributed by atoms with Gasteiger partial charge in [0.15, 0.2) is 0 Å². The molecule has 0 saturated carbocycles. The van der Waals surface area contributed by atoms with Crippen molar-refractivity contribution in [2.45, 2.75) is 79.2 Å². The fourth-order valence-corrected chi connectivity index (χ4v) is 3.71. The summed E-state index contributed by atoms with van der Waals surface area (Å²) in [7, 11) is 0. The summed E-state index contributed by atoms with van der Waals surface area (Å²) in [4.78, 5) is 17.2. The van der Waals surface area contributed by atoms with Crippen LogP contribution in [0.3, 0.4) is 0 Å². The number of aryl methyl sites for hydroxylation is 1. The summed E-state index contributed by atoms with van der Waals surface area (Å²) in [5.74, 6) is -0.428. The van der Waals surface area contributed by atoms with E-state index in [0.29, 0.717) is 30.5 Å². The number of rotatable bonds is 12. The number of aromatic nitrogens is 1. The number of allylic oxidation sites excluding steroid dienone is 4. The molecule has 0 bridgehead atoms. The summed E-state index contributed by atoms with van der Waals surface area (Å²) < 4.78 is 0. The molecule has 0 radical (unpaired) electrons. The van der Waals surface area contributed by atoms with Crippen molar-refractivity contribution in [1.82, 2.24) is 10.3 Å². The molecule has 5 heteroatoms. The predicted octanol–water partition coefficient (Wildman–Crippen LogP) is 6.39. The second-order valence-electron chi connectivity index (χ2n) is 8.83. The highest BCUT2D eigenvalue weighted by Crippen LogP contribution is 2.35. The number of aromatic hydroxyl groups is 2. The van der Waals surface area contributed by atoms with Crippen LogP contribution in [0, 0.1) is 0 Å². The number of phenols is 2. The third kappa shape index (κ3) is 8.41. The van der Waals surface area contributed by atoms with Gasteiger partial charge in [0.1, 0.15) is 11.5 Å². The summed E-state index contributed by atoms with van der Waals surface area (Å²) >= 11 is 0. The van der Waals surface area contributed by atoms with Crippen LogP contribution < -0.4 is 5.32 Å². The predicted molar refractivity (Wildman–Crippen MR) is 135 cm³/mol. The molecule has 0 aliphatic carbocycles. The van der Waals surface area contributed by atoms with Crippen molar-refractivity contribution in [3.63, 3.8) is 0 Å². The average Bonchev–Trinajstić information content (AvgIpc) is 2.78. The van der Waals surface area contributed by atoms with E-state index < -0.39 is 0 Å². The molecule has 1 aromatic carbocycles. The molecule has 1 amide bonds. The maximum Gasteiger partial charge on any atom is 0.255 e. The van der Waals surface area contributed by atoms with Crippen molar-refractivity contribution >= 4 is 5.91 Å². The average molecular weight is 451 g/mol. The van der Waals surface area contributed by atoms with E-state index in [2.05, 4.69) is 37.1 Å². The Balaban J connectivity index is 2.28. The van der Waals surface area contributed by atoms with Crippen molar-refractivity contribution in [1.29, 1.82) is 0 Å². The van der Waals surface area contributed by atoms with Gasteiger partial charge in [-0.2, -0.15) is 0 Å². The third-order valence-corrected chi connectivity index (χ3v) is 5.66. The van der Waals surface area contributed by atoms with Crippen LogP contribution in [-0.2, 0) is 19.4 Å². The molecule has 0 saturated heterocycles. The van der Waals surface area contributed by atoms with E-state index in [1.165, 1.54) is 11.1 Å². The first kappa shape index (κ1) is 26.2. The maximum atomic E-state index is 13.1. The molecular weight excluding hydrogens is 412 g/mol. The van der Waals surface area contributed by atoms with Crippen LogP contribution in [0.4, 0.5) is 0 Å². The molecule has 33 heavy (non-hydrogen) atoms. The van der Waals surface area contributed by atoms with Gasteiger partial charge in [-0.05, 0) is 76.1 Å². The van der Waals surface area contributed by atoms with Crippen LogP contribution in [-0.4, -0.2) is 21.1 Å². The fourth-order valence-electron chi connectivity index (χ4n) is 3.71. The largest absolute Gasteiger partial charge is 0.508 e. The molecule has 1 heterocycles. The quantitative estimate of drug-likeness (QED) is 0.258. The van der Waals surface area contributed by atoms with Gasteiger partial charge in [-0.1, -0.05) is 49.1 Å². The van der Waals surface area contributed by atoms with Crippen LogP contribution >= 0.6 is 0 Å². The van der Waals surface area contributed by atoms with Crippen molar-refractivity contribution < 1.29 is 15.0 Å². The summed E-state index contributed by atoms with van der Waals surface area (Å²) in [6, 6.07) is 5.36. The molecule has 5 nitrogen and oxygen atoms in total. The minimum absolute atomic E-state index is 0.0381. The Morgan fingerprint density at radius 3 is 2.61 bits per heavy atom. The monoisotopic (exact) mass is 450 g/mol. The third-order valence-electron chi connectivity index (χ3n) is 5.66. The Kier molecular flexibility index (Phi) is 10.7. The van der Waals surface area contributed by atoms with Gasteiger partial charge in [0.2, 0.25) is 0 Å². The first-order valence-electron chi connectivity index (χ1n) is 11.9. The summed E-state index contributed by atoms with van der Waals surface area (Å²) in [5, 5.41) is 24.6. The van der Waals surface area contributed by atoms with Gasteiger partial charge in [0.05, 0.1) is 5.56 Å². The number of carbonyl (C=O) groups is 1. The van der Waals surface area contributed by atoms with Gasteiger partial charge in [0.25, 0.3) is 5.91 Å². The normalized spacial score (nSPS) is 11.3. The van der Waals surface area contributed by atoms with Crippen molar-refractivity contribution in [3.05, 3.63) is 76.1 Å². The van der Waals surface area contributed by atoms with Crippen LogP contribution in [0.5, 0.6) is 11.5 Å². The lowest BCUT2D eigenvalue weighted by Crippen LogP contribution is -2.24. The standard InChI is InChI=1S/C28H38N2O3/c1-5-6-7-13-23-17-25(31)24(15-14-21(4)11-8-10-20(2)3)27(32)26(23)28(33)30-19-22-12-9-16-29-18-22/h9-10,12,14,16-18,31-32H,5-8,11,13,15,19H2,1-4H3,(H,30,33)/b21-14+. The van der Waals surface area contributed by atoms with Gasteiger partial charge >= 0.3 is 0 Å². The Hall–Kier alpha value is -3.08. The second kappa shape index (κ2) is 13.5. The summed E-state index contributed by atoms with van der Waals surface area (Å²) in [6.45, 7) is 8.65. The minimum Gasteiger partial charge on any atom is -0.508 e. The lowest BCUT2D eigenvalue weighted by Gasteiger charge is -2.16. The zero-order valence-electron chi connectivity index (χ0n) is 20.4. The van der Waals surface area contributed by atoms with Crippen molar-refractivity contribution in [3.8, 4) is 11.5 Å². The van der Waals surface area contributed by atoms with E-state index in [-0.39, 0.29) is 23.0 Å². The van der Waals surface area contributed by atoms with Gasteiger partial charge in [-0.25, -0.2) is 0 Å². The second-order valence-corrected chi connectivity index (χ2v) is 8.83. The Labute approximate surface area is 198 Å². The minimum atomic E-state index is -0.339. The number of phenolic OH excluding ortho intramolecular Hbond substituents is 2. The van der Waals surface area contributed by atoms with Gasteiger partial charge in [0, 0.05) is 24.5 Å². The van der Waals surface area contributed by atoms with Gasteiger partial charge < -0.3 is 15.5 Å². The summed E-state index contributed by atoms with van der Waals surface area (Å²) in [6.07, 6.45) is 13.4. The van der Waals surface area contributed by atoms with Crippen LogP contribution in [0.1, 0.15) is 86.8 Å². The lowest BCUT2D eigenvalue weighted by atomic mass is 9.94. The highest BCUT2D eigenvalue weighted by molar-refractivity contribution is 5.99. The number of unbranched alkanes of at least 4 members (excludes halogenated alkanes) is 2. The Bertz CT molecular complexity index is 974. The van der Waals surface area contributed by atoms with Crippen LogP contribution in [0.2, 0.25) is 0 Å². The van der Waals surface area contributed by atoms with E-state index in [0.717, 1.165) is 37.7 Å². The first-order valence-corrected chi connectivity index (χ1v) is 11.9. The zero-order chi connectivity index (χ0) is 24.2. The molecule has 0 fully saturated rings. The molecule has 2 rings (SSSR count). The molecule has 3 N–H and O–H groups in total. The van der Waals surface area contributed by atoms with E-state index in [9.17, 15) is 15.0 Å². The number of hydrogen-bond donors (Lipinski definition) is 3. The van der Waals surface area contributed by atoms with E-state index >= 15 is 0 Å². The van der Waals surface area contributed by atoms with E-state index in [4.69, 9.17) is 0 Å². The molecule has 0 atom stereocenters. The summed E-state index contributed by atoms with van der Waals surface area (Å²) in [5.41, 5.74) is 4.68. The van der Waals surface area contributed by atoms with Crippen molar-refractivity contribution in [2.75, 3.05) is 0 Å². The SMILES string of the molecule is CCCCCc1cc(O)c(C/C=C(\C)CCC=C(C)C)c(O)c1C(=O)NCc1cccnc1. The molecule has 2 aromatic rings. The van der Waals surface area contributed by atoms with E-state index in [1.807, 2.05) is 25.1 Å². The smallest absolute Gasteiger partial charge is 0.255 e. The van der Waals surface area contributed by atoms with Gasteiger partial charge in [-0.3, -0.25) is 9.78 Å². The highest BCUT2D eigenvalue weighted by Gasteiger charge is 2.22. The Morgan fingerprint density at radius 2 is 1.94 bits per heavy atom. The Morgan fingerprint density at radius 1 is 1.15 bits per heavy atom. The topological polar surface area (TPSA) is 82.5 Å². The lowest BCUT2D eigenvalue weighted by molar-refractivity contribution is 0.0947. The number of hydrogen-bond acceptors (Lipinski definition) is 4. The maximum absolute atomic E-state index is 13.1. The molecule has 0 spiro atoms. The van der Waals surface area contributed by atoms with E-state index in [1.54, 1.807) is 18.5 Å². The van der Waals surface area contributed by atoms with Crippen LogP contribution in [0.15, 0.2) is 53.9 Å². The highest BCUT2D eigenvalue weighted by atomic mass is 16.3. The number of benzene rings is 1. The molecule has 0 aliphatic rings. The number of amides is 1. The number of carbonyl (C=O) groups excluding carboxylic acids is 1. The number of pyridine rings is 1. The fraction of sp³-hybridized carbons (Fsp3) is 0.429. The first-order chi connectivity index (χ1) is 15.8. The molecule has 1 aromatic heterocycles.